The van der Waals surface area contributed by atoms with Crippen LogP contribution in [0.2, 0.25) is 0 Å². The summed E-state index contributed by atoms with van der Waals surface area (Å²) in [6, 6.07) is 7.51. The minimum Gasteiger partial charge on any atom is -0.504 e. The second-order valence-electron chi connectivity index (χ2n) is 7.29. The first-order valence-electron chi connectivity index (χ1n) is 9.50. The molecule has 1 aliphatic rings. The fraction of sp³-hybridized carbons (Fsp3) is 0.286. The van der Waals surface area contributed by atoms with Crippen molar-refractivity contribution >= 4 is 11.0 Å². The second kappa shape index (κ2) is 8.30. The van der Waals surface area contributed by atoms with Crippen LogP contribution in [0.1, 0.15) is 0 Å². The standard InChI is InChI=1S/C21H20O11/c22-7-14-16(26)17(27)19(29)21(32-14)30-9-2-3-10-13(6-9)31-20(18(28)15(10)25)8-1-4-11(23)12(24)5-8/h1-6,14,16-17,19,21-24,26-29H,7H2/t14?,16-,17+,19?,21-/m1/s1. The van der Waals surface area contributed by atoms with Gasteiger partial charge in [0.05, 0.1) is 12.0 Å². The fourth-order valence-electron chi connectivity index (χ4n) is 3.40. The van der Waals surface area contributed by atoms with Crippen molar-refractivity contribution in [3.05, 3.63) is 46.6 Å². The number of rotatable bonds is 4. The maximum atomic E-state index is 12.6. The molecule has 0 amide bonds. The molecule has 0 aliphatic carbocycles. The number of aromatic hydroxyl groups is 3. The Morgan fingerprint density at radius 3 is 2.34 bits per heavy atom. The molecular weight excluding hydrogens is 428 g/mol. The summed E-state index contributed by atoms with van der Waals surface area (Å²) in [6.45, 7) is -0.625. The summed E-state index contributed by atoms with van der Waals surface area (Å²) in [7, 11) is 0. The smallest absolute Gasteiger partial charge is 0.235 e. The molecule has 0 spiro atoms. The molecule has 2 unspecified atom stereocenters. The number of phenols is 2. The van der Waals surface area contributed by atoms with Crippen LogP contribution in [-0.4, -0.2) is 73.1 Å². The largest absolute Gasteiger partial charge is 0.504 e. The van der Waals surface area contributed by atoms with Crippen molar-refractivity contribution in [1.29, 1.82) is 0 Å². The molecule has 2 heterocycles. The molecule has 2 aromatic carbocycles. The van der Waals surface area contributed by atoms with Crippen LogP contribution < -0.4 is 10.2 Å². The van der Waals surface area contributed by atoms with E-state index in [4.69, 9.17) is 13.9 Å². The van der Waals surface area contributed by atoms with Gasteiger partial charge in [0.25, 0.3) is 0 Å². The summed E-state index contributed by atoms with van der Waals surface area (Å²) in [4.78, 5) is 12.6. The number of aliphatic hydroxyl groups is 4. The van der Waals surface area contributed by atoms with Gasteiger partial charge in [-0.3, -0.25) is 4.79 Å². The Labute approximate surface area is 179 Å². The summed E-state index contributed by atoms with van der Waals surface area (Å²) < 4.78 is 16.5. The molecule has 1 fully saturated rings. The lowest BCUT2D eigenvalue weighted by atomic mass is 9.99. The molecule has 32 heavy (non-hydrogen) atoms. The van der Waals surface area contributed by atoms with Crippen molar-refractivity contribution in [1.82, 2.24) is 0 Å². The molecule has 11 nitrogen and oxygen atoms in total. The number of hydrogen-bond acceptors (Lipinski definition) is 11. The molecule has 170 valence electrons. The highest BCUT2D eigenvalue weighted by molar-refractivity contribution is 5.83. The van der Waals surface area contributed by atoms with Crippen LogP contribution in [0, 0.1) is 0 Å². The van der Waals surface area contributed by atoms with Crippen molar-refractivity contribution in [3.63, 3.8) is 0 Å². The Morgan fingerprint density at radius 2 is 1.66 bits per heavy atom. The lowest BCUT2D eigenvalue weighted by molar-refractivity contribution is -0.277. The first kappa shape index (κ1) is 21.9. The minimum atomic E-state index is -1.63. The number of benzene rings is 2. The van der Waals surface area contributed by atoms with Gasteiger partial charge in [-0.25, -0.2) is 0 Å². The van der Waals surface area contributed by atoms with E-state index in [-0.39, 0.29) is 28.0 Å². The summed E-state index contributed by atoms with van der Waals surface area (Å²) in [5.41, 5.74) is -0.650. The summed E-state index contributed by atoms with van der Waals surface area (Å²) >= 11 is 0. The Balaban J connectivity index is 1.71. The fourth-order valence-corrected chi connectivity index (χ4v) is 3.40. The van der Waals surface area contributed by atoms with Gasteiger partial charge in [0.2, 0.25) is 17.5 Å². The lowest BCUT2D eigenvalue weighted by Crippen LogP contribution is -2.60. The van der Waals surface area contributed by atoms with Gasteiger partial charge in [-0.1, -0.05) is 0 Å². The molecule has 1 aliphatic heterocycles. The normalized spacial score (nSPS) is 25.7. The monoisotopic (exact) mass is 448 g/mol. The molecule has 3 aromatic rings. The topological polar surface area (TPSA) is 190 Å². The van der Waals surface area contributed by atoms with Gasteiger partial charge < -0.3 is 49.6 Å². The molecule has 0 saturated carbocycles. The molecule has 1 aromatic heterocycles. The van der Waals surface area contributed by atoms with Gasteiger partial charge in [0, 0.05) is 11.6 Å². The molecule has 11 heteroatoms. The van der Waals surface area contributed by atoms with Gasteiger partial charge in [-0.05, 0) is 30.3 Å². The van der Waals surface area contributed by atoms with Crippen LogP contribution in [0.5, 0.6) is 23.0 Å². The quantitative estimate of drug-likeness (QED) is 0.261. The summed E-state index contributed by atoms with van der Waals surface area (Å²) in [5, 5.41) is 68.6. The summed E-state index contributed by atoms with van der Waals surface area (Å²) in [6.07, 6.45) is -7.42. The van der Waals surface area contributed by atoms with Crippen molar-refractivity contribution in [2.75, 3.05) is 6.61 Å². The number of fused-ring (bicyclic) bond motifs is 1. The molecule has 0 radical (unpaired) electrons. The highest BCUT2D eigenvalue weighted by Gasteiger charge is 2.44. The van der Waals surface area contributed by atoms with Gasteiger partial charge in [0.15, 0.2) is 17.3 Å². The third-order valence-corrected chi connectivity index (χ3v) is 5.18. The van der Waals surface area contributed by atoms with E-state index in [9.17, 15) is 40.5 Å². The molecule has 0 bridgehead atoms. The zero-order chi connectivity index (χ0) is 23.2. The zero-order valence-electron chi connectivity index (χ0n) is 16.3. The van der Waals surface area contributed by atoms with E-state index in [1.165, 1.54) is 24.3 Å². The predicted molar refractivity (Wildman–Crippen MR) is 107 cm³/mol. The van der Waals surface area contributed by atoms with Gasteiger partial charge in [-0.2, -0.15) is 0 Å². The van der Waals surface area contributed by atoms with E-state index in [0.717, 1.165) is 12.1 Å². The van der Waals surface area contributed by atoms with Crippen LogP contribution in [0.4, 0.5) is 0 Å². The highest BCUT2D eigenvalue weighted by atomic mass is 16.7. The summed E-state index contributed by atoms with van der Waals surface area (Å²) in [5.74, 6) is -1.79. The van der Waals surface area contributed by atoms with Crippen LogP contribution in [0.15, 0.2) is 45.6 Å². The van der Waals surface area contributed by atoms with Crippen molar-refractivity contribution in [2.24, 2.45) is 0 Å². The van der Waals surface area contributed by atoms with E-state index in [1.807, 2.05) is 0 Å². The van der Waals surface area contributed by atoms with Gasteiger partial charge in [-0.15, -0.1) is 0 Å². The molecule has 1 saturated heterocycles. The first-order chi connectivity index (χ1) is 15.2. The maximum absolute atomic E-state index is 12.6. The first-order valence-corrected chi connectivity index (χ1v) is 9.50. The van der Waals surface area contributed by atoms with Crippen LogP contribution in [-0.2, 0) is 4.74 Å². The van der Waals surface area contributed by atoms with E-state index in [0.29, 0.717) is 0 Å². The Bertz CT molecular complexity index is 1200. The molecular formula is C21H20O11. The number of phenolic OH excluding ortho intramolecular Hbond substituents is 2. The predicted octanol–water partition coefficient (Wildman–Crippen LogP) is -0.245. The van der Waals surface area contributed by atoms with E-state index in [2.05, 4.69) is 0 Å². The Hall–Kier alpha value is -3.35. The lowest BCUT2D eigenvalue weighted by Gasteiger charge is -2.39. The highest BCUT2D eigenvalue weighted by Crippen LogP contribution is 2.36. The number of aliphatic hydroxyl groups excluding tert-OH is 4. The Morgan fingerprint density at radius 1 is 0.906 bits per heavy atom. The van der Waals surface area contributed by atoms with Crippen molar-refractivity contribution in [3.8, 4) is 34.3 Å². The van der Waals surface area contributed by atoms with Crippen LogP contribution in [0.25, 0.3) is 22.3 Å². The van der Waals surface area contributed by atoms with Gasteiger partial charge >= 0.3 is 0 Å². The molecule has 5 atom stereocenters. The molecule has 7 N–H and O–H groups in total. The number of ether oxygens (including phenoxy) is 2. The van der Waals surface area contributed by atoms with Crippen molar-refractivity contribution < 1.29 is 49.6 Å². The number of hydrogen-bond donors (Lipinski definition) is 7. The third-order valence-electron chi connectivity index (χ3n) is 5.18. The maximum Gasteiger partial charge on any atom is 0.235 e. The molecule has 4 rings (SSSR count). The van der Waals surface area contributed by atoms with Crippen LogP contribution in [0.3, 0.4) is 0 Å². The Kier molecular flexibility index (Phi) is 5.67. The third kappa shape index (κ3) is 3.72. The minimum absolute atomic E-state index is 0.00963. The van der Waals surface area contributed by atoms with E-state index >= 15 is 0 Å². The van der Waals surface area contributed by atoms with E-state index in [1.54, 1.807) is 0 Å². The van der Waals surface area contributed by atoms with E-state index < -0.39 is 60.0 Å². The average molecular weight is 448 g/mol. The second-order valence-corrected chi connectivity index (χ2v) is 7.29. The zero-order valence-corrected chi connectivity index (χ0v) is 16.3. The van der Waals surface area contributed by atoms with Gasteiger partial charge in [0.1, 0.15) is 35.7 Å². The van der Waals surface area contributed by atoms with Crippen LogP contribution >= 0.6 is 0 Å². The van der Waals surface area contributed by atoms with Crippen molar-refractivity contribution in [2.45, 2.75) is 30.7 Å². The average Bonchev–Trinajstić information content (AvgIpc) is 2.78. The SMILES string of the molecule is O=c1c(O)c(-c2ccc(O)c(O)c2)oc2cc(O[C@@H]3OC(CO)[C@@H](O)[C@H](O)C3O)ccc12.